The van der Waals surface area contributed by atoms with E-state index in [9.17, 15) is 14.4 Å². The van der Waals surface area contributed by atoms with Gasteiger partial charge < -0.3 is 15.1 Å². The highest BCUT2D eigenvalue weighted by Crippen LogP contribution is 2.21. The van der Waals surface area contributed by atoms with Crippen molar-refractivity contribution in [3.8, 4) is 0 Å². The number of piperazine rings is 1. The van der Waals surface area contributed by atoms with Crippen LogP contribution in [0.1, 0.15) is 22.5 Å². The van der Waals surface area contributed by atoms with E-state index < -0.39 is 5.91 Å². The summed E-state index contributed by atoms with van der Waals surface area (Å²) in [6, 6.07) is 17.8. The lowest BCUT2D eigenvalue weighted by molar-refractivity contribution is -0.131. The predicted molar refractivity (Wildman–Crippen MR) is 132 cm³/mol. The summed E-state index contributed by atoms with van der Waals surface area (Å²) in [5.74, 6) is -0.461. The molecule has 0 bridgehead atoms. The van der Waals surface area contributed by atoms with Crippen LogP contribution in [-0.2, 0) is 11.3 Å². The molecule has 1 aromatic heterocycles. The number of halogens is 1. The zero-order valence-electron chi connectivity index (χ0n) is 18.9. The van der Waals surface area contributed by atoms with Gasteiger partial charge in [-0.25, -0.2) is 4.68 Å². The minimum Gasteiger partial charge on any atom is -0.368 e. The van der Waals surface area contributed by atoms with Crippen LogP contribution in [-0.4, -0.2) is 52.7 Å². The molecule has 1 aliphatic rings. The highest BCUT2D eigenvalue weighted by Gasteiger charge is 2.21. The van der Waals surface area contributed by atoms with E-state index in [1.807, 2.05) is 49.4 Å². The molecule has 176 valence electrons. The summed E-state index contributed by atoms with van der Waals surface area (Å²) in [5.41, 5.74) is 2.46. The number of benzene rings is 2. The zero-order valence-corrected chi connectivity index (χ0v) is 19.7. The van der Waals surface area contributed by atoms with Gasteiger partial charge >= 0.3 is 0 Å². The van der Waals surface area contributed by atoms with Crippen molar-refractivity contribution in [2.24, 2.45) is 0 Å². The molecule has 0 unspecified atom stereocenters. The second-order valence-electron chi connectivity index (χ2n) is 8.20. The lowest BCUT2D eigenvalue weighted by Gasteiger charge is -2.36. The van der Waals surface area contributed by atoms with E-state index in [4.69, 9.17) is 11.6 Å². The second kappa shape index (κ2) is 10.5. The molecule has 1 saturated heterocycles. The topological polar surface area (TPSA) is 87.5 Å². The summed E-state index contributed by atoms with van der Waals surface area (Å²) >= 11 is 6.08. The van der Waals surface area contributed by atoms with Crippen LogP contribution >= 0.6 is 11.6 Å². The normalized spacial score (nSPS) is 13.6. The number of hydrogen-bond donors (Lipinski definition) is 1. The molecule has 0 saturated carbocycles. The maximum atomic E-state index is 12.7. The van der Waals surface area contributed by atoms with Crippen molar-refractivity contribution in [2.75, 3.05) is 36.4 Å². The quantitative estimate of drug-likeness (QED) is 0.586. The Bertz CT molecular complexity index is 1250. The first kappa shape index (κ1) is 23.5. The average Bonchev–Trinajstić information content (AvgIpc) is 2.83. The molecule has 4 rings (SSSR count). The molecule has 0 aliphatic carbocycles. The Balaban J connectivity index is 1.33. The van der Waals surface area contributed by atoms with E-state index in [2.05, 4.69) is 15.3 Å². The average molecular weight is 480 g/mol. The lowest BCUT2D eigenvalue weighted by atomic mass is 10.2. The summed E-state index contributed by atoms with van der Waals surface area (Å²) in [7, 11) is 0. The van der Waals surface area contributed by atoms with E-state index in [1.165, 1.54) is 16.8 Å². The largest absolute Gasteiger partial charge is 0.368 e. The summed E-state index contributed by atoms with van der Waals surface area (Å²) in [6.45, 7) is 4.64. The van der Waals surface area contributed by atoms with Crippen molar-refractivity contribution >= 4 is 34.8 Å². The van der Waals surface area contributed by atoms with Crippen LogP contribution < -0.4 is 15.8 Å². The molecule has 1 N–H and O–H groups in total. The number of aromatic nitrogens is 2. The highest BCUT2D eigenvalue weighted by atomic mass is 35.5. The van der Waals surface area contributed by atoms with E-state index in [-0.39, 0.29) is 30.1 Å². The molecule has 34 heavy (non-hydrogen) atoms. The Morgan fingerprint density at radius 2 is 1.76 bits per heavy atom. The summed E-state index contributed by atoms with van der Waals surface area (Å²) in [4.78, 5) is 41.5. The number of nitrogens with zero attached hydrogens (tertiary/aromatic N) is 4. The Morgan fingerprint density at radius 1 is 1.00 bits per heavy atom. The Hall–Kier alpha value is -3.65. The fraction of sp³-hybridized carbons (Fsp3) is 0.280. The highest BCUT2D eigenvalue weighted by molar-refractivity contribution is 6.30. The zero-order chi connectivity index (χ0) is 24.1. The van der Waals surface area contributed by atoms with Crippen LogP contribution in [0.15, 0.2) is 65.5 Å². The third-order valence-electron chi connectivity index (χ3n) is 5.72. The molecule has 2 aromatic carbocycles. The number of carbonyl (C=O) groups excluding carboxylic acids is 2. The summed E-state index contributed by atoms with van der Waals surface area (Å²) < 4.78 is 1.17. The first-order valence-electron chi connectivity index (χ1n) is 11.1. The van der Waals surface area contributed by atoms with Gasteiger partial charge in [0.2, 0.25) is 5.91 Å². The van der Waals surface area contributed by atoms with Gasteiger partial charge in [0, 0.05) is 55.1 Å². The molecule has 1 fully saturated rings. The molecule has 0 spiro atoms. The van der Waals surface area contributed by atoms with E-state index in [0.29, 0.717) is 36.9 Å². The van der Waals surface area contributed by atoms with Crippen molar-refractivity contribution in [3.05, 3.63) is 87.3 Å². The van der Waals surface area contributed by atoms with Crippen LogP contribution in [0, 0.1) is 6.92 Å². The Morgan fingerprint density at radius 3 is 2.50 bits per heavy atom. The Labute approximate surface area is 202 Å². The van der Waals surface area contributed by atoms with Crippen molar-refractivity contribution in [3.63, 3.8) is 0 Å². The number of carbonyl (C=O) groups is 2. The van der Waals surface area contributed by atoms with Gasteiger partial charge in [-0.15, -0.1) is 0 Å². The Kier molecular flexibility index (Phi) is 7.27. The van der Waals surface area contributed by atoms with Gasteiger partial charge in [0.15, 0.2) is 0 Å². The minimum atomic E-state index is -0.414. The maximum absolute atomic E-state index is 12.7. The SMILES string of the molecule is Cc1cccc(NC(=O)c2ccc(=O)n(CCC(=O)N3CCN(c4cccc(Cl)c4)CC3)n2)c1. The van der Waals surface area contributed by atoms with Crippen LogP contribution in [0.4, 0.5) is 11.4 Å². The molecule has 2 amide bonds. The number of rotatable bonds is 6. The predicted octanol–water partition coefficient (Wildman–Crippen LogP) is 3.20. The van der Waals surface area contributed by atoms with Gasteiger partial charge in [-0.05, 0) is 48.9 Å². The molecular formula is C25H26ClN5O3. The van der Waals surface area contributed by atoms with Gasteiger partial charge in [0.25, 0.3) is 11.5 Å². The molecule has 2 heterocycles. The molecule has 9 heteroatoms. The number of anilines is 2. The number of nitrogens with one attached hydrogen (secondary N) is 1. The second-order valence-corrected chi connectivity index (χ2v) is 8.64. The third-order valence-corrected chi connectivity index (χ3v) is 5.95. The first-order chi connectivity index (χ1) is 16.4. The maximum Gasteiger partial charge on any atom is 0.276 e. The van der Waals surface area contributed by atoms with Gasteiger partial charge in [-0.1, -0.05) is 29.8 Å². The number of amides is 2. The van der Waals surface area contributed by atoms with Crippen molar-refractivity contribution in [1.82, 2.24) is 14.7 Å². The van der Waals surface area contributed by atoms with Gasteiger partial charge in [-0.3, -0.25) is 14.4 Å². The van der Waals surface area contributed by atoms with E-state index in [1.54, 1.807) is 11.0 Å². The number of aryl methyl sites for hydroxylation is 2. The fourth-order valence-corrected chi connectivity index (χ4v) is 4.08. The van der Waals surface area contributed by atoms with Crippen molar-refractivity contribution in [2.45, 2.75) is 19.9 Å². The molecule has 0 atom stereocenters. The van der Waals surface area contributed by atoms with Gasteiger partial charge in [0.1, 0.15) is 5.69 Å². The van der Waals surface area contributed by atoms with Crippen LogP contribution in [0.25, 0.3) is 0 Å². The monoisotopic (exact) mass is 479 g/mol. The molecule has 8 nitrogen and oxygen atoms in total. The van der Waals surface area contributed by atoms with Crippen molar-refractivity contribution < 1.29 is 9.59 Å². The molecular weight excluding hydrogens is 454 g/mol. The van der Waals surface area contributed by atoms with Crippen LogP contribution in [0.5, 0.6) is 0 Å². The lowest BCUT2D eigenvalue weighted by Crippen LogP contribution is -2.49. The molecule has 0 radical (unpaired) electrons. The van der Waals surface area contributed by atoms with Crippen LogP contribution in [0.2, 0.25) is 5.02 Å². The van der Waals surface area contributed by atoms with Gasteiger partial charge in [-0.2, -0.15) is 5.10 Å². The third kappa shape index (κ3) is 5.82. The summed E-state index contributed by atoms with van der Waals surface area (Å²) in [6.07, 6.45) is 0.132. The van der Waals surface area contributed by atoms with E-state index in [0.717, 1.165) is 11.3 Å². The van der Waals surface area contributed by atoms with Crippen molar-refractivity contribution in [1.29, 1.82) is 0 Å². The number of hydrogen-bond acceptors (Lipinski definition) is 5. The summed E-state index contributed by atoms with van der Waals surface area (Å²) in [5, 5.41) is 7.63. The first-order valence-corrected chi connectivity index (χ1v) is 11.5. The van der Waals surface area contributed by atoms with Gasteiger partial charge in [0.05, 0.1) is 6.54 Å². The van der Waals surface area contributed by atoms with Crippen LogP contribution in [0.3, 0.4) is 0 Å². The molecule has 1 aliphatic heterocycles. The molecule has 3 aromatic rings. The minimum absolute atomic E-state index is 0.0472. The fourth-order valence-electron chi connectivity index (χ4n) is 3.89. The smallest absolute Gasteiger partial charge is 0.276 e. The standard InChI is InChI=1S/C25H26ClN5O3/c1-18-4-2-6-20(16-18)27-25(34)22-8-9-24(33)31(28-22)11-10-23(32)30-14-12-29(13-15-30)21-7-3-5-19(26)17-21/h2-9,16-17H,10-15H2,1H3,(H,27,34). The van der Waals surface area contributed by atoms with E-state index >= 15 is 0 Å².